The van der Waals surface area contributed by atoms with Crippen molar-refractivity contribution in [2.45, 2.75) is 38.5 Å². The van der Waals surface area contributed by atoms with E-state index in [1.54, 1.807) is 55.0 Å². The van der Waals surface area contributed by atoms with Crippen LogP contribution in [0.4, 0.5) is 0 Å². The van der Waals surface area contributed by atoms with Crippen LogP contribution in [0, 0.1) is 11.3 Å². The van der Waals surface area contributed by atoms with Crippen molar-refractivity contribution in [1.82, 2.24) is 14.5 Å². The second kappa shape index (κ2) is 10.0. The van der Waals surface area contributed by atoms with E-state index >= 15 is 0 Å². The third kappa shape index (κ3) is 4.50. The van der Waals surface area contributed by atoms with Gasteiger partial charge in [-0.3, -0.25) is 13.9 Å². The van der Waals surface area contributed by atoms with Crippen molar-refractivity contribution < 1.29 is 14.2 Å². The van der Waals surface area contributed by atoms with E-state index < -0.39 is 11.7 Å². The highest BCUT2D eigenvalue weighted by Gasteiger charge is 2.22. The number of methoxy groups -OCH3 is 2. The lowest BCUT2D eigenvalue weighted by atomic mass is 10.1. The summed E-state index contributed by atoms with van der Waals surface area (Å²) in [5, 5.41) is 12.8. The minimum absolute atomic E-state index is 0.0293. The summed E-state index contributed by atoms with van der Waals surface area (Å²) >= 11 is 0. The lowest BCUT2D eigenvalue weighted by Crippen LogP contribution is -2.43. The fourth-order valence-electron chi connectivity index (χ4n) is 4.38. The lowest BCUT2D eigenvalue weighted by Gasteiger charge is -2.27. The molecule has 2 aromatic carbocycles. The number of nitrogens with zero attached hydrogens (tertiary/aromatic N) is 3. The van der Waals surface area contributed by atoms with Gasteiger partial charge >= 0.3 is 5.69 Å². The first-order valence-electron chi connectivity index (χ1n) is 11.2. The van der Waals surface area contributed by atoms with Crippen LogP contribution in [-0.2, 0) is 6.54 Å². The van der Waals surface area contributed by atoms with Gasteiger partial charge in [-0.1, -0.05) is 6.07 Å². The van der Waals surface area contributed by atoms with Crippen LogP contribution in [0.3, 0.4) is 0 Å². The molecule has 1 saturated heterocycles. The zero-order valence-corrected chi connectivity index (χ0v) is 19.5. The number of rotatable bonds is 7. The van der Waals surface area contributed by atoms with Gasteiger partial charge in [0.1, 0.15) is 11.8 Å². The predicted octanol–water partition coefficient (Wildman–Crippen LogP) is 2.44. The summed E-state index contributed by atoms with van der Waals surface area (Å²) in [5.41, 5.74) is 0.550. The van der Waals surface area contributed by atoms with Crippen LogP contribution >= 0.6 is 0 Å². The second-order valence-corrected chi connectivity index (χ2v) is 8.28. The van der Waals surface area contributed by atoms with Crippen LogP contribution < -0.4 is 30.8 Å². The van der Waals surface area contributed by atoms with Gasteiger partial charge in [0.15, 0.2) is 17.6 Å². The summed E-state index contributed by atoms with van der Waals surface area (Å²) in [7, 11) is 3.09. The van der Waals surface area contributed by atoms with Gasteiger partial charge in [-0.2, -0.15) is 5.26 Å². The topological polar surface area (TPSA) is 108 Å². The van der Waals surface area contributed by atoms with Crippen LogP contribution in [0.25, 0.3) is 10.9 Å². The Labute approximate surface area is 197 Å². The molecule has 1 atom stereocenters. The van der Waals surface area contributed by atoms with E-state index in [2.05, 4.69) is 5.32 Å². The highest BCUT2D eigenvalue weighted by molar-refractivity contribution is 5.80. The molecule has 0 amide bonds. The summed E-state index contributed by atoms with van der Waals surface area (Å²) in [5.74, 6) is 1.50. The molecule has 4 rings (SSSR count). The first-order valence-corrected chi connectivity index (χ1v) is 11.2. The van der Waals surface area contributed by atoms with Crippen LogP contribution in [0.2, 0.25) is 0 Å². The number of nitrogens with one attached hydrogen (secondary N) is 1. The van der Waals surface area contributed by atoms with Gasteiger partial charge in [0, 0.05) is 6.04 Å². The number of ether oxygens (including phenoxy) is 3. The summed E-state index contributed by atoms with van der Waals surface area (Å²) in [6.07, 6.45) is 0.905. The molecule has 0 spiro atoms. The molecule has 9 heteroatoms. The standard InChI is InChI=1S/C25H28N4O5/c1-16(14-26)34-19-5-6-21-20(13-19)24(30)28(25(31)29(21)18-8-10-27-11-9-18)15-17-4-7-22(32-2)23(12-17)33-3/h4-7,12-13,16,18,27H,8-11,15H2,1-3H3. The number of fused-ring (bicyclic) bond motifs is 1. The largest absolute Gasteiger partial charge is 0.493 e. The van der Waals surface area contributed by atoms with E-state index in [1.807, 2.05) is 6.07 Å². The Balaban J connectivity index is 1.89. The van der Waals surface area contributed by atoms with Gasteiger partial charge in [0.05, 0.1) is 31.7 Å². The number of hydrogen-bond donors (Lipinski definition) is 1. The quantitative estimate of drug-likeness (QED) is 0.572. The molecule has 0 saturated carbocycles. The Bertz CT molecular complexity index is 1350. The third-order valence-electron chi connectivity index (χ3n) is 6.10. The molecule has 9 nitrogen and oxygen atoms in total. The van der Waals surface area contributed by atoms with Crippen LogP contribution in [0.15, 0.2) is 46.0 Å². The molecule has 1 unspecified atom stereocenters. The van der Waals surface area contributed by atoms with Gasteiger partial charge in [-0.25, -0.2) is 4.79 Å². The maximum Gasteiger partial charge on any atom is 0.332 e. The van der Waals surface area contributed by atoms with E-state index in [-0.39, 0.29) is 18.3 Å². The zero-order chi connectivity index (χ0) is 24.2. The fourth-order valence-corrected chi connectivity index (χ4v) is 4.38. The highest BCUT2D eigenvalue weighted by atomic mass is 16.5. The number of hydrogen-bond acceptors (Lipinski definition) is 7. The fraction of sp³-hybridized carbons (Fsp3) is 0.400. The molecule has 178 valence electrons. The van der Waals surface area contributed by atoms with Gasteiger partial charge in [-0.15, -0.1) is 0 Å². The Morgan fingerprint density at radius 3 is 2.50 bits per heavy atom. The zero-order valence-electron chi connectivity index (χ0n) is 19.5. The molecule has 0 aliphatic carbocycles. The van der Waals surface area contributed by atoms with E-state index in [0.717, 1.165) is 31.5 Å². The Hall–Kier alpha value is -3.77. The normalized spacial score (nSPS) is 15.0. The third-order valence-corrected chi connectivity index (χ3v) is 6.10. The van der Waals surface area contributed by atoms with Crippen molar-refractivity contribution in [3.8, 4) is 23.3 Å². The highest BCUT2D eigenvalue weighted by Crippen LogP contribution is 2.28. The summed E-state index contributed by atoms with van der Waals surface area (Å²) in [4.78, 5) is 27.2. The maximum absolute atomic E-state index is 13.7. The minimum Gasteiger partial charge on any atom is -0.493 e. The van der Waals surface area contributed by atoms with Crippen LogP contribution in [0.5, 0.6) is 17.2 Å². The first-order chi connectivity index (χ1) is 16.5. The molecular formula is C25H28N4O5. The van der Waals surface area contributed by atoms with E-state index in [4.69, 9.17) is 19.5 Å². The van der Waals surface area contributed by atoms with Gasteiger partial charge < -0.3 is 19.5 Å². The molecule has 2 heterocycles. The number of nitriles is 1. The number of aromatic nitrogens is 2. The minimum atomic E-state index is -0.665. The summed E-state index contributed by atoms with van der Waals surface area (Å²) in [6.45, 7) is 3.32. The van der Waals surface area contributed by atoms with Crippen molar-refractivity contribution in [3.63, 3.8) is 0 Å². The Kier molecular flexibility index (Phi) is 6.89. The second-order valence-electron chi connectivity index (χ2n) is 8.28. The van der Waals surface area contributed by atoms with Crippen molar-refractivity contribution in [2.75, 3.05) is 27.3 Å². The smallest absolute Gasteiger partial charge is 0.332 e. The molecule has 1 aliphatic heterocycles. The molecule has 3 aromatic rings. The SMILES string of the molecule is COc1ccc(Cn2c(=O)c3cc(OC(C)C#N)ccc3n(C3CCNCC3)c2=O)cc1OC. The van der Waals surface area contributed by atoms with Crippen molar-refractivity contribution in [2.24, 2.45) is 0 Å². The van der Waals surface area contributed by atoms with Gasteiger partial charge in [-0.05, 0) is 68.8 Å². The lowest BCUT2D eigenvalue weighted by molar-refractivity contribution is 0.277. The average Bonchev–Trinajstić information content (AvgIpc) is 2.87. The average molecular weight is 465 g/mol. The Morgan fingerprint density at radius 2 is 1.82 bits per heavy atom. The van der Waals surface area contributed by atoms with Crippen LogP contribution in [-0.4, -0.2) is 42.5 Å². The van der Waals surface area contributed by atoms with Crippen molar-refractivity contribution in [1.29, 1.82) is 5.26 Å². The molecule has 1 aromatic heterocycles. The summed E-state index contributed by atoms with van der Waals surface area (Å²) in [6, 6.07) is 12.4. The molecule has 0 radical (unpaired) electrons. The van der Waals surface area contributed by atoms with Crippen molar-refractivity contribution in [3.05, 3.63) is 62.8 Å². The monoisotopic (exact) mass is 464 g/mol. The molecule has 34 heavy (non-hydrogen) atoms. The van der Waals surface area contributed by atoms with E-state index in [9.17, 15) is 9.59 Å². The molecule has 1 fully saturated rings. The van der Waals surface area contributed by atoms with E-state index in [0.29, 0.717) is 28.2 Å². The Morgan fingerprint density at radius 1 is 1.09 bits per heavy atom. The van der Waals surface area contributed by atoms with E-state index in [1.165, 1.54) is 11.7 Å². The van der Waals surface area contributed by atoms with Crippen LogP contribution in [0.1, 0.15) is 31.4 Å². The maximum atomic E-state index is 13.7. The van der Waals surface area contributed by atoms with Gasteiger partial charge in [0.2, 0.25) is 0 Å². The molecule has 1 N–H and O–H groups in total. The predicted molar refractivity (Wildman–Crippen MR) is 128 cm³/mol. The number of benzene rings is 2. The number of piperidine rings is 1. The molecule has 1 aliphatic rings. The summed E-state index contributed by atoms with van der Waals surface area (Å²) < 4.78 is 19.3. The molecular weight excluding hydrogens is 436 g/mol. The first kappa shape index (κ1) is 23.4. The van der Waals surface area contributed by atoms with Crippen molar-refractivity contribution >= 4 is 10.9 Å². The van der Waals surface area contributed by atoms with Gasteiger partial charge in [0.25, 0.3) is 5.56 Å². The molecule has 0 bridgehead atoms.